The number of sulfonamides is 1. The quantitative estimate of drug-likeness (QED) is 0.461. The Morgan fingerprint density at radius 3 is 2.10 bits per heavy atom. The van der Waals surface area contributed by atoms with Crippen molar-refractivity contribution in [2.45, 2.75) is 11.7 Å². The fourth-order valence-corrected chi connectivity index (χ4v) is 2.65. The van der Waals surface area contributed by atoms with E-state index in [-0.39, 0.29) is 17.5 Å². The van der Waals surface area contributed by atoms with Gasteiger partial charge in [0.25, 0.3) is 0 Å². The van der Waals surface area contributed by atoms with Crippen molar-refractivity contribution in [3.63, 3.8) is 0 Å². The van der Waals surface area contributed by atoms with Crippen LogP contribution in [0.4, 0.5) is 32.0 Å². The van der Waals surface area contributed by atoms with E-state index in [2.05, 4.69) is 12.1 Å². The lowest BCUT2D eigenvalue weighted by Crippen LogP contribution is -2.30. The van der Waals surface area contributed by atoms with E-state index in [1.807, 2.05) is 0 Å². The lowest BCUT2D eigenvalue weighted by molar-refractivity contribution is -0.137. The smallest absolute Gasteiger partial charge is 0.382 e. The van der Waals surface area contributed by atoms with E-state index < -0.39 is 38.5 Å². The highest BCUT2D eigenvalue weighted by atomic mass is 35.5. The zero-order chi connectivity index (χ0) is 22.0. The molecule has 0 amide bonds. The van der Waals surface area contributed by atoms with Crippen molar-refractivity contribution >= 4 is 33.0 Å². The van der Waals surface area contributed by atoms with Gasteiger partial charge in [-0.15, -0.1) is 0 Å². The molecule has 0 fully saturated rings. The standard InChI is InChI=1S/C16H11ClF6N2O3S/c1-9(24-28-12-5-3-11(17)4-6-12)13-7-2-10(15(18,19)20)8-14(13)25-29(26,27)16(21,22)23/h2-8,24-25H,1H2. The van der Waals surface area contributed by atoms with Crippen LogP contribution in [0.3, 0.4) is 0 Å². The third kappa shape index (κ3) is 5.70. The molecule has 0 bridgehead atoms. The third-order valence-corrected chi connectivity index (χ3v) is 4.68. The van der Waals surface area contributed by atoms with Crippen molar-refractivity contribution in [2.75, 3.05) is 4.72 Å². The molecule has 0 aliphatic heterocycles. The Labute approximate surface area is 165 Å². The molecule has 158 valence electrons. The first kappa shape index (κ1) is 22.7. The number of nitrogens with one attached hydrogen (secondary N) is 2. The number of benzene rings is 2. The summed E-state index contributed by atoms with van der Waals surface area (Å²) in [4.78, 5) is 5.10. The number of hydroxylamine groups is 1. The van der Waals surface area contributed by atoms with Gasteiger partial charge in [-0.25, -0.2) is 5.48 Å². The molecule has 2 N–H and O–H groups in total. The average Bonchev–Trinajstić information content (AvgIpc) is 2.59. The van der Waals surface area contributed by atoms with Gasteiger partial charge in [0.15, 0.2) is 5.75 Å². The summed E-state index contributed by atoms with van der Waals surface area (Å²) in [5, 5.41) is 0.391. The molecular formula is C16H11ClF6N2O3S. The lowest BCUT2D eigenvalue weighted by atomic mass is 10.1. The topological polar surface area (TPSA) is 67.4 Å². The van der Waals surface area contributed by atoms with E-state index >= 15 is 0 Å². The van der Waals surface area contributed by atoms with Crippen LogP contribution in [-0.4, -0.2) is 13.9 Å². The molecule has 5 nitrogen and oxygen atoms in total. The highest BCUT2D eigenvalue weighted by Crippen LogP contribution is 2.35. The van der Waals surface area contributed by atoms with E-state index in [4.69, 9.17) is 16.4 Å². The van der Waals surface area contributed by atoms with Gasteiger partial charge >= 0.3 is 21.7 Å². The Bertz CT molecular complexity index is 1000. The zero-order valence-corrected chi connectivity index (χ0v) is 15.6. The van der Waals surface area contributed by atoms with Gasteiger partial charge in [0.2, 0.25) is 0 Å². The summed E-state index contributed by atoms with van der Waals surface area (Å²) < 4.78 is 100. The third-order valence-electron chi connectivity index (χ3n) is 3.33. The Morgan fingerprint density at radius 1 is 1.00 bits per heavy atom. The van der Waals surface area contributed by atoms with Crippen LogP contribution in [0.1, 0.15) is 11.1 Å². The van der Waals surface area contributed by atoms with Crippen molar-refractivity contribution in [1.82, 2.24) is 5.48 Å². The molecule has 29 heavy (non-hydrogen) atoms. The van der Waals surface area contributed by atoms with Crippen molar-refractivity contribution in [3.8, 4) is 5.75 Å². The molecular weight excluding hydrogens is 450 g/mol. The predicted octanol–water partition coefficient (Wildman–Crippen LogP) is 5.17. The number of hydrogen-bond acceptors (Lipinski definition) is 4. The summed E-state index contributed by atoms with van der Waals surface area (Å²) in [5.74, 6) is 0.194. The molecule has 13 heteroatoms. The molecule has 0 saturated carbocycles. The molecule has 0 radical (unpaired) electrons. The van der Waals surface area contributed by atoms with E-state index in [0.717, 1.165) is 10.8 Å². The van der Waals surface area contributed by atoms with E-state index in [0.29, 0.717) is 11.1 Å². The highest BCUT2D eigenvalue weighted by Gasteiger charge is 2.46. The van der Waals surface area contributed by atoms with Crippen LogP contribution in [0.25, 0.3) is 5.70 Å². The van der Waals surface area contributed by atoms with Crippen LogP contribution in [0.5, 0.6) is 5.75 Å². The summed E-state index contributed by atoms with van der Waals surface area (Å²) in [5.41, 5.74) is -6.59. The van der Waals surface area contributed by atoms with Gasteiger partial charge in [0.05, 0.1) is 16.9 Å². The van der Waals surface area contributed by atoms with E-state index in [1.54, 1.807) is 0 Å². The molecule has 2 rings (SSSR count). The van der Waals surface area contributed by atoms with Crippen molar-refractivity contribution in [3.05, 3.63) is 65.2 Å². The SMILES string of the molecule is C=C(NOc1ccc(Cl)cc1)c1ccc(C(F)(F)F)cc1NS(=O)(=O)C(F)(F)F. The minimum absolute atomic E-state index is 0.194. The van der Waals surface area contributed by atoms with Crippen LogP contribution in [0, 0.1) is 0 Å². The van der Waals surface area contributed by atoms with E-state index in [1.165, 1.54) is 24.3 Å². The van der Waals surface area contributed by atoms with Gasteiger partial charge in [-0.3, -0.25) is 4.72 Å². The second-order valence-electron chi connectivity index (χ2n) is 5.45. The normalized spacial score (nSPS) is 12.4. The Morgan fingerprint density at radius 2 is 1.59 bits per heavy atom. The van der Waals surface area contributed by atoms with Crippen LogP contribution in [-0.2, 0) is 16.2 Å². The summed E-state index contributed by atoms with van der Waals surface area (Å²) in [7, 11) is -5.98. The molecule has 0 heterocycles. The first-order valence-electron chi connectivity index (χ1n) is 7.39. The molecule has 0 saturated heterocycles. The highest BCUT2D eigenvalue weighted by molar-refractivity contribution is 7.93. The Hall–Kier alpha value is -2.60. The first-order valence-corrected chi connectivity index (χ1v) is 9.25. The van der Waals surface area contributed by atoms with Gasteiger partial charge in [0.1, 0.15) is 0 Å². The minimum atomic E-state index is -5.98. The first-order chi connectivity index (χ1) is 13.2. The number of alkyl halides is 6. The fraction of sp³-hybridized carbons (Fsp3) is 0.125. The Balaban J connectivity index is 2.36. The van der Waals surface area contributed by atoms with Gasteiger partial charge in [0, 0.05) is 10.6 Å². The van der Waals surface area contributed by atoms with Crippen LogP contribution >= 0.6 is 11.6 Å². The molecule has 0 aromatic heterocycles. The van der Waals surface area contributed by atoms with Crippen LogP contribution in [0.15, 0.2) is 49.0 Å². The number of halogens is 7. The maximum Gasteiger partial charge on any atom is 0.516 e. The number of anilines is 1. The molecule has 0 aliphatic carbocycles. The predicted molar refractivity (Wildman–Crippen MR) is 94.3 cm³/mol. The summed E-state index contributed by atoms with van der Waals surface area (Å²) in [6, 6.07) is 7.28. The molecule has 0 aliphatic rings. The molecule has 0 unspecified atom stereocenters. The fourth-order valence-electron chi connectivity index (χ4n) is 1.95. The van der Waals surface area contributed by atoms with E-state index in [9.17, 15) is 34.8 Å². The van der Waals surface area contributed by atoms with Crippen molar-refractivity contribution < 1.29 is 39.6 Å². The number of rotatable bonds is 6. The van der Waals surface area contributed by atoms with Crippen LogP contribution in [0.2, 0.25) is 5.02 Å². The van der Waals surface area contributed by atoms with Gasteiger partial charge in [-0.2, -0.15) is 34.8 Å². The summed E-state index contributed by atoms with van der Waals surface area (Å²) in [6.45, 7) is 3.44. The van der Waals surface area contributed by atoms with Crippen molar-refractivity contribution in [2.24, 2.45) is 0 Å². The second-order valence-corrected chi connectivity index (χ2v) is 7.56. The van der Waals surface area contributed by atoms with Gasteiger partial charge in [-0.1, -0.05) is 24.2 Å². The molecule has 2 aromatic carbocycles. The molecule has 0 atom stereocenters. The maximum absolute atomic E-state index is 12.9. The van der Waals surface area contributed by atoms with Gasteiger partial charge < -0.3 is 4.84 Å². The van der Waals surface area contributed by atoms with Gasteiger partial charge in [-0.05, 0) is 36.4 Å². The largest absolute Gasteiger partial charge is 0.516 e. The zero-order valence-electron chi connectivity index (χ0n) is 14.0. The maximum atomic E-state index is 12.9. The van der Waals surface area contributed by atoms with Crippen molar-refractivity contribution in [1.29, 1.82) is 0 Å². The summed E-state index contributed by atoms with van der Waals surface area (Å²) in [6.07, 6.45) is -4.93. The monoisotopic (exact) mass is 460 g/mol. The van der Waals surface area contributed by atoms with Crippen LogP contribution < -0.4 is 15.0 Å². The molecule has 0 spiro atoms. The second kappa shape index (κ2) is 8.03. The number of hydrogen-bond donors (Lipinski definition) is 2. The summed E-state index contributed by atoms with van der Waals surface area (Å²) >= 11 is 5.70. The average molecular weight is 461 g/mol. The minimum Gasteiger partial charge on any atom is -0.382 e. The Kier molecular flexibility index (Phi) is 6.28. The molecule has 2 aromatic rings. The lowest BCUT2D eigenvalue weighted by Gasteiger charge is -2.18.